The van der Waals surface area contributed by atoms with Crippen LogP contribution >= 0.6 is 0 Å². The van der Waals surface area contributed by atoms with Gasteiger partial charge in [0.1, 0.15) is 0 Å². The summed E-state index contributed by atoms with van der Waals surface area (Å²) < 4.78 is 3.34. The number of carbonyl (C=O) groups excluding carboxylic acids is 1. The Hall–Kier alpha value is -3.38. The maximum Gasteiger partial charge on any atom is 0.337 e. The number of benzene rings is 2. The number of aromatic nitrogens is 2. The zero-order valence-corrected chi connectivity index (χ0v) is 16.4. The minimum Gasteiger partial charge on any atom is -0.326 e. The number of hydrogen-bond acceptors (Lipinski definition) is 3. The summed E-state index contributed by atoms with van der Waals surface area (Å²) in [6, 6.07) is 17.6. The first-order valence-corrected chi connectivity index (χ1v) is 9.74. The Morgan fingerprint density at radius 2 is 1.72 bits per heavy atom. The predicted molar refractivity (Wildman–Crippen MR) is 115 cm³/mol. The van der Waals surface area contributed by atoms with Gasteiger partial charge >= 0.3 is 5.69 Å². The van der Waals surface area contributed by atoms with Gasteiger partial charge in [-0.1, -0.05) is 36.4 Å². The van der Waals surface area contributed by atoms with Gasteiger partial charge in [-0.2, -0.15) is 0 Å². The standard InChI is InChI=1S/C23H24N4O2/c1-18(28)24-20-9-11-21(12-10-20)26-14-15-27(23(26)29)22-8-5-13-25(17-22)16-19-6-3-2-4-7-19/h2-4,6-12,14-15H,5,13,16-17H2,1H3,(H,24,28). The minimum atomic E-state index is -0.120. The van der Waals surface area contributed by atoms with Crippen LogP contribution in [0.2, 0.25) is 0 Å². The van der Waals surface area contributed by atoms with E-state index in [0.717, 1.165) is 37.4 Å². The highest BCUT2D eigenvalue weighted by molar-refractivity contribution is 5.88. The Morgan fingerprint density at radius 3 is 2.45 bits per heavy atom. The molecule has 6 heteroatoms. The molecule has 29 heavy (non-hydrogen) atoms. The summed E-state index contributed by atoms with van der Waals surface area (Å²) in [7, 11) is 0. The van der Waals surface area contributed by atoms with Gasteiger partial charge < -0.3 is 5.32 Å². The molecule has 0 saturated carbocycles. The van der Waals surface area contributed by atoms with Crippen LogP contribution < -0.4 is 11.0 Å². The van der Waals surface area contributed by atoms with E-state index >= 15 is 0 Å². The van der Waals surface area contributed by atoms with Crippen molar-refractivity contribution < 1.29 is 4.79 Å². The van der Waals surface area contributed by atoms with Gasteiger partial charge in [0.05, 0.1) is 5.69 Å². The van der Waals surface area contributed by atoms with Crippen LogP contribution in [0, 0.1) is 0 Å². The lowest BCUT2D eigenvalue weighted by Gasteiger charge is -2.27. The summed E-state index contributed by atoms with van der Waals surface area (Å²) in [5, 5.41) is 2.73. The molecule has 148 valence electrons. The van der Waals surface area contributed by atoms with Gasteiger partial charge in [0.2, 0.25) is 5.91 Å². The van der Waals surface area contributed by atoms with Crippen LogP contribution in [-0.2, 0) is 11.3 Å². The van der Waals surface area contributed by atoms with Crippen LogP contribution in [0.4, 0.5) is 5.69 Å². The van der Waals surface area contributed by atoms with Gasteiger partial charge in [-0.3, -0.25) is 18.8 Å². The largest absolute Gasteiger partial charge is 0.337 e. The predicted octanol–water partition coefficient (Wildman–Crippen LogP) is 3.34. The molecule has 4 rings (SSSR count). The smallest absolute Gasteiger partial charge is 0.326 e. The molecule has 1 aliphatic heterocycles. The van der Waals surface area contributed by atoms with Crippen LogP contribution in [0.15, 0.2) is 77.9 Å². The number of nitrogens with one attached hydrogen (secondary N) is 1. The Labute approximate surface area is 169 Å². The second-order valence-electron chi connectivity index (χ2n) is 7.23. The Bertz CT molecular complexity index is 1080. The number of carbonyl (C=O) groups is 1. The number of anilines is 1. The van der Waals surface area contributed by atoms with Gasteiger partial charge in [0, 0.05) is 50.3 Å². The van der Waals surface area contributed by atoms with Crippen molar-refractivity contribution in [1.29, 1.82) is 0 Å². The molecule has 1 aromatic heterocycles. The first-order valence-electron chi connectivity index (χ1n) is 9.74. The summed E-state index contributed by atoms with van der Waals surface area (Å²) >= 11 is 0. The third-order valence-electron chi connectivity index (χ3n) is 5.01. The van der Waals surface area contributed by atoms with Gasteiger partial charge in [-0.05, 0) is 36.2 Å². The van der Waals surface area contributed by atoms with E-state index in [4.69, 9.17) is 0 Å². The maximum atomic E-state index is 13.0. The second-order valence-corrected chi connectivity index (χ2v) is 7.23. The summed E-state index contributed by atoms with van der Waals surface area (Å²) in [6.07, 6.45) is 6.67. The first kappa shape index (κ1) is 19.0. The van der Waals surface area contributed by atoms with Gasteiger partial charge in [-0.15, -0.1) is 0 Å². The van der Waals surface area contributed by atoms with Crippen LogP contribution in [0.1, 0.15) is 18.9 Å². The van der Waals surface area contributed by atoms with Crippen LogP contribution in [0.3, 0.4) is 0 Å². The number of hydrogen-bond donors (Lipinski definition) is 1. The molecule has 2 heterocycles. The highest BCUT2D eigenvalue weighted by Crippen LogP contribution is 2.17. The van der Waals surface area contributed by atoms with Gasteiger partial charge in [0.15, 0.2) is 0 Å². The molecule has 0 spiro atoms. The lowest BCUT2D eigenvalue weighted by Crippen LogP contribution is -2.33. The Kier molecular flexibility index (Phi) is 5.44. The van der Waals surface area contributed by atoms with Gasteiger partial charge in [0.25, 0.3) is 0 Å². The van der Waals surface area contributed by atoms with E-state index in [-0.39, 0.29) is 11.6 Å². The summed E-state index contributed by atoms with van der Waals surface area (Å²) in [6.45, 7) is 4.06. The van der Waals surface area contributed by atoms with Crippen molar-refractivity contribution in [3.05, 3.63) is 89.1 Å². The molecule has 0 aliphatic carbocycles. The molecule has 1 N–H and O–H groups in total. The minimum absolute atomic E-state index is 0.0925. The molecular weight excluding hydrogens is 364 g/mol. The highest BCUT2D eigenvalue weighted by atomic mass is 16.2. The quantitative estimate of drug-likeness (QED) is 0.729. The molecule has 1 amide bonds. The third kappa shape index (κ3) is 4.38. The van der Waals surface area contributed by atoms with E-state index in [9.17, 15) is 9.59 Å². The topological polar surface area (TPSA) is 59.3 Å². The molecule has 0 saturated heterocycles. The monoisotopic (exact) mass is 388 g/mol. The molecule has 0 fully saturated rings. The molecule has 2 aromatic carbocycles. The number of rotatable bonds is 5. The lowest BCUT2D eigenvalue weighted by atomic mass is 10.1. The Balaban J connectivity index is 1.51. The Morgan fingerprint density at radius 1 is 1.00 bits per heavy atom. The van der Waals surface area contributed by atoms with E-state index in [1.165, 1.54) is 12.5 Å². The van der Waals surface area contributed by atoms with Crippen molar-refractivity contribution in [2.75, 3.05) is 18.4 Å². The molecule has 3 aromatic rings. The van der Waals surface area contributed by atoms with Crippen LogP contribution in [0.25, 0.3) is 11.4 Å². The summed E-state index contributed by atoms with van der Waals surface area (Å²) in [5.41, 5.74) is 3.66. The SMILES string of the molecule is CC(=O)Nc1ccc(-n2ccn(C3=CCCN(Cc4ccccc4)C3)c2=O)cc1. The van der Waals surface area contributed by atoms with Gasteiger partial charge in [-0.25, -0.2) is 4.79 Å². The second kappa shape index (κ2) is 8.32. The fourth-order valence-corrected chi connectivity index (χ4v) is 3.64. The van der Waals surface area contributed by atoms with E-state index < -0.39 is 0 Å². The lowest BCUT2D eigenvalue weighted by molar-refractivity contribution is -0.114. The van der Waals surface area contributed by atoms with E-state index in [0.29, 0.717) is 5.69 Å². The van der Waals surface area contributed by atoms with Crippen molar-refractivity contribution in [2.24, 2.45) is 0 Å². The number of nitrogens with zero attached hydrogens (tertiary/aromatic N) is 3. The van der Waals surface area contributed by atoms with Crippen molar-refractivity contribution in [1.82, 2.24) is 14.0 Å². The van der Waals surface area contributed by atoms with E-state index in [1.807, 2.05) is 24.4 Å². The third-order valence-corrected chi connectivity index (χ3v) is 5.01. The average molecular weight is 388 g/mol. The normalized spacial score (nSPS) is 14.4. The van der Waals surface area contributed by atoms with E-state index in [1.54, 1.807) is 27.5 Å². The average Bonchev–Trinajstić information content (AvgIpc) is 3.10. The summed E-state index contributed by atoms with van der Waals surface area (Å²) in [5.74, 6) is -0.120. The first-order chi connectivity index (χ1) is 14.1. The molecule has 0 bridgehead atoms. The molecular formula is C23H24N4O2. The molecule has 1 aliphatic rings. The van der Waals surface area contributed by atoms with E-state index in [2.05, 4.69) is 40.6 Å². The van der Waals surface area contributed by atoms with Crippen molar-refractivity contribution in [3.63, 3.8) is 0 Å². The maximum absolute atomic E-state index is 13.0. The fraction of sp³-hybridized carbons (Fsp3) is 0.217. The van der Waals surface area contributed by atoms with Crippen molar-refractivity contribution >= 4 is 17.3 Å². The number of amides is 1. The van der Waals surface area contributed by atoms with Crippen LogP contribution in [-0.4, -0.2) is 33.0 Å². The zero-order valence-electron chi connectivity index (χ0n) is 16.4. The highest BCUT2D eigenvalue weighted by Gasteiger charge is 2.17. The summed E-state index contributed by atoms with van der Waals surface area (Å²) in [4.78, 5) is 26.5. The zero-order chi connectivity index (χ0) is 20.2. The molecule has 6 nitrogen and oxygen atoms in total. The van der Waals surface area contributed by atoms with Crippen molar-refractivity contribution in [2.45, 2.75) is 19.9 Å². The van der Waals surface area contributed by atoms with Crippen LogP contribution in [0.5, 0.6) is 0 Å². The van der Waals surface area contributed by atoms with Crippen molar-refractivity contribution in [3.8, 4) is 5.69 Å². The number of imidazole rings is 1. The molecule has 0 atom stereocenters. The fourth-order valence-electron chi connectivity index (χ4n) is 3.64. The molecule has 0 unspecified atom stereocenters. The molecule has 0 radical (unpaired) electrons.